The monoisotopic (exact) mass is 409 g/mol. The van der Waals surface area contributed by atoms with Gasteiger partial charge in [-0.1, -0.05) is 30.3 Å². The first kappa shape index (κ1) is 19.8. The molecule has 152 valence electrons. The first-order chi connectivity index (χ1) is 14.4. The highest BCUT2D eigenvalue weighted by Gasteiger charge is 2.30. The SMILES string of the molecule is Cc1oc(-c2ccc(C(F)(F)F)cc2)nc1Cc1ccc(Oc2ccccc2)cc1. The van der Waals surface area contributed by atoms with Gasteiger partial charge in [0.05, 0.1) is 11.3 Å². The molecule has 0 aliphatic heterocycles. The number of hydrogen-bond donors (Lipinski definition) is 0. The maximum atomic E-state index is 12.7. The van der Waals surface area contributed by atoms with Gasteiger partial charge < -0.3 is 9.15 Å². The minimum Gasteiger partial charge on any atom is -0.457 e. The maximum Gasteiger partial charge on any atom is 0.416 e. The Morgan fingerprint density at radius 1 is 0.833 bits per heavy atom. The molecule has 1 heterocycles. The van der Waals surface area contributed by atoms with Gasteiger partial charge in [0, 0.05) is 12.0 Å². The van der Waals surface area contributed by atoms with Crippen LogP contribution in [0.2, 0.25) is 0 Å². The molecular formula is C24H18F3NO2. The number of hydrogen-bond acceptors (Lipinski definition) is 3. The van der Waals surface area contributed by atoms with Crippen molar-refractivity contribution in [3.05, 3.63) is 101 Å². The molecule has 4 aromatic rings. The quantitative estimate of drug-likeness (QED) is 0.354. The molecule has 0 aliphatic carbocycles. The first-order valence-electron chi connectivity index (χ1n) is 9.34. The third kappa shape index (κ3) is 4.54. The summed E-state index contributed by atoms with van der Waals surface area (Å²) in [5.74, 6) is 2.43. The summed E-state index contributed by atoms with van der Waals surface area (Å²) >= 11 is 0. The summed E-state index contributed by atoms with van der Waals surface area (Å²) in [5.41, 5.74) is 1.56. The normalized spacial score (nSPS) is 11.5. The molecule has 0 bridgehead atoms. The van der Waals surface area contributed by atoms with Crippen LogP contribution in [0.25, 0.3) is 11.5 Å². The molecule has 0 amide bonds. The second-order valence-electron chi connectivity index (χ2n) is 6.83. The van der Waals surface area contributed by atoms with Crippen LogP contribution in [0.15, 0.2) is 83.3 Å². The number of oxazole rings is 1. The van der Waals surface area contributed by atoms with E-state index in [2.05, 4.69) is 4.98 Å². The van der Waals surface area contributed by atoms with Crippen LogP contribution in [-0.2, 0) is 12.6 Å². The van der Waals surface area contributed by atoms with Gasteiger partial charge in [-0.15, -0.1) is 0 Å². The minimum absolute atomic E-state index is 0.306. The van der Waals surface area contributed by atoms with Crippen LogP contribution in [-0.4, -0.2) is 4.98 Å². The van der Waals surface area contributed by atoms with E-state index in [-0.39, 0.29) is 0 Å². The van der Waals surface area contributed by atoms with Gasteiger partial charge in [0.1, 0.15) is 17.3 Å². The molecule has 0 fully saturated rings. The number of ether oxygens (including phenoxy) is 1. The molecule has 0 N–H and O–H groups in total. The average molecular weight is 409 g/mol. The third-order valence-corrected chi connectivity index (χ3v) is 4.63. The summed E-state index contributed by atoms with van der Waals surface area (Å²) in [6, 6.07) is 22.0. The lowest BCUT2D eigenvalue weighted by Crippen LogP contribution is -2.03. The molecule has 0 atom stereocenters. The zero-order valence-corrected chi connectivity index (χ0v) is 16.1. The van der Waals surface area contributed by atoms with Crippen molar-refractivity contribution in [2.45, 2.75) is 19.5 Å². The number of halogens is 3. The van der Waals surface area contributed by atoms with Crippen LogP contribution in [0, 0.1) is 6.92 Å². The molecule has 0 radical (unpaired) electrons. The zero-order chi connectivity index (χ0) is 21.1. The largest absolute Gasteiger partial charge is 0.457 e. The second-order valence-corrected chi connectivity index (χ2v) is 6.83. The Labute approximate surface area is 171 Å². The molecule has 6 heteroatoms. The van der Waals surface area contributed by atoms with Gasteiger partial charge >= 0.3 is 6.18 Å². The smallest absolute Gasteiger partial charge is 0.416 e. The Kier molecular flexibility index (Phi) is 5.31. The van der Waals surface area contributed by atoms with E-state index in [4.69, 9.17) is 9.15 Å². The van der Waals surface area contributed by atoms with Gasteiger partial charge in [0.15, 0.2) is 0 Å². The Morgan fingerprint density at radius 2 is 1.47 bits per heavy atom. The molecule has 0 saturated carbocycles. The predicted molar refractivity (Wildman–Crippen MR) is 107 cm³/mol. The molecule has 0 saturated heterocycles. The fourth-order valence-electron chi connectivity index (χ4n) is 3.01. The molecule has 0 unspecified atom stereocenters. The van der Waals surface area contributed by atoms with Gasteiger partial charge in [0.2, 0.25) is 5.89 Å². The van der Waals surface area contributed by atoms with Gasteiger partial charge in [-0.05, 0) is 61.0 Å². The van der Waals surface area contributed by atoms with E-state index in [1.165, 1.54) is 12.1 Å². The number of aromatic nitrogens is 1. The van der Waals surface area contributed by atoms with Crippen molar-refractivity contribution >= 4 is 0 Å². The summed E-state index contributed by atoms with van der Waals surface area (Å²) in [4.78, 5) is 4.48. The van der Waals surface area contributed by atoms with Gasteiger partial charge in [0.25, 0.3) is 0 Å². The minimum atomic E-state index is -4.37. The molecule has 1 aromatic heterocycles. The van der Waals surface area contributed by atoms with Crippen LogP contribution in [0.5, 0.6) is 11.5 Å². The number of alkyl halides is 3. The van der Waals surface area contributed by atoms with Crippen molar-refractivity contribution in [3.63, 3.8) is 0 Å². The van der Waals surface area contributed by atoms with E-state index >= 15 is 0 Å². The first-order valence-corrected chi connectivity index (χ1v) is 9.34. The Bertz CT molecular complexity index is 1120. The molecule has 3 nitrogen and oxygen atoms in total. The topological polar surface area (TPSA) is 35.3 Å². The summed E-state index contributed by atoms with van der Waals surface area (Å²) in [6.07, 6.45) is -3.83. The summed E-state index contributed by atoms with van der Waals surface area (Å²) in [5, 5.41) is 0. The third-order valence-electron chi connectivity index (χ3n) is 4.63. The molecular weight excluding hydrogens is 391 g/mol. The van der Waals surface area contributed by atoms with E-state index in [0.29, 0.717) is 23.6 Å². The summed E-state index contributed by atoms with van der Waals surface area (Å²) in [7, 11) is 0. The fourth-order valence-corrected chi connectivity index (χ4v) is 3.01. The zero-order valence-electron chi connectivity index (χ0n) is 16.1. The number of nitrogens with zero attached hydrogens (tertiary/aromatic N) is 1. The van der Waals surface area contributed by atoms with Crippen LogP contribution in [0.1, 0.15) is 22.6 Å². The number of para-hydroxylation sites is 1. The van der Waals surface area contributed by atoms with Crippen LogP contribution in [0.4, 0.5) is 13.2 Å². The predicted octanol–water partition coefficient (Wildman–Crippen LogP) is 7.05. The van der Waals surface area contributed by atoms with Crippen LogP contribution in [0.3, 0.4) is 0 Å². The molecule has 4 rings (SSSR count). The van der Waals surface area contributed by atoms with Crippen LogP contribution >= 0.6 is 0 Å². The van der Waals surface area contributed by atoms with Crippen molar-refractivity contribution in [2.75, 3.05) is 0 Å². The lowest BCUT2D eigenvalue weighted by molar-refractivity contribution is -0.137. The van der Waals surface area contributed by atoms with Crippen molar-refractivity contribution < 1.29 is 22.3 Å². The van der Waals surface area contributed by atoms with E-state index in [0.717, 1.165) is 34.9 Å². The summed E-state index contributed by atoms with van der Waals surface area (Å²) in [6.45, 7) is 1.79. The van der Waals surface area contributed by atoms with Crippen molar-refractivity contribution in [2.24, 2.45) is 0 Å². The molecule has 0 spiro atoms. The highest BCUT2D eigenvalue weighted by molar-refractivity contribution is 5.54. The lowest BCUT2D eigenvalue weighted by atomic mass is 10.1. The van der Waals surface area contributed by atoms with Crippen molar-refractivity contribution in [1.29, 1.82) is 0 Å². The Balaban J connectivity index is 1.47. The van der Waals surface area contributed by atoms with E-state index in [1.54, 1.807) is 6.92 Å². The maximum absolute atomic E-state index is 12.7. The van der Waals surface area contributed by atoms with Crippen molar-refractivity contribution in [1.82, 2.24) is 4.98 Å². The lowest BCUT2D eigenvalue weighted by Gasteiger charge is -2.06. The highest BCUT2D eigenvalue weighted by Crippen LogP contribution is 2.31. The molecule has 30 heavy (non-hydrogen) atoms. The van der Waals surface area contributed by atoms with Gasteiger partial charge in [-0.2, -0.15) is 13.2 Å². The number of aryl methyl sites for hydroxylation is 1. The molecule has 0 aliphatic rings. The highest BCUT2D eigenvalue weighted by atomic mass is 19.4. The fraction of sp³-hybridized carbons (Fsp3) is 0.125. The van der Waals surface area contributed by atoms with Gasteiger partial charge in [-0.25, -0.2) is 4.98 Å². The summed E-state index contributed by atoms with van der Waals surface area (Å²) < 4.78 is 49.7. The van der Waals surface area contributed by atoms with E-state index in [9.17, 15) is 13.2 Å². The number of benzene rings is 3. The Morgan fingerprint density at radius 3 is 2.10 bits per heavy atom. The van der Waals surface area contributed by atoms with Crippen LogP contribution < -0.4 is 4.74 Å². The van der Waals surface area contributed by atoms with Crippen molar-refractivity contribution in [3.8, 4) is 23.0 Å². The van der Waals surface area contributed by atoms with E-state index < -0.39 is 11.7 Å². The number of rotatable bonds is 5. The average Bonchev–Trinajstić information content (AvgIpc) is 3.10. The van der Waals surface area contributed by atoms with E-state index in [1.807, 2.05) is 54.6 Å². The Hall–Kier alpha value is -3.54. The van der Waals surface area contributed by atoms with Gasteiger partial charge in [-0.3, -0.25) is 0 Å². The molecule has 3 aromatic carbocycles. The standard InChI is InChI=1S/C24H18F3NO2/c1-16-22(28-23(29-16)18-9-11-19(12-10-18)24(25,26)27)15-17-7-13-21(14-8-17)30-20-5-3-2-4-6-20/h2-14H,15H2,1H3. The second kappa shape index (κ2) is 8.06.